The number of hydrogen-bond acceptors (Lipinski definition) is 5. The number of esters is 2. The van der Waals surface area contributed by atoms with Crippen molar-refractivity contribution >= 4 is 39.8 Å². The standard InChI is InChI=1S/C18H12BrNO4/c1-23-17(21)12-7-5-11(6-8-12)9-15-18(22)24-16(20-15)13-3-2-4-14(19)10-13/h2-10H,1H3/b15-9-. The van der Waals surface area contributed by atoms with Crippen LogP contribution in [0.5, 0.6) is 0 Å². The van der Waals surface area contributed by atoms with Crippen molar-refractivity contribution in [3.63, 3.8) is 0 Å². The SMILES string of the molecule is COC(=O)c1ccc(/C=C2\N=C(c3cccc(Br)c3)OC2=O)cc1. The monoisotopic (exact) mass is 385 g/mol. The summed E-state index contributed by atoms with van der Waals surface area (Å²) in [5, 5.41) is 0. The first-order chi connectivity index (χ1) is 11.6. The van der Waals surface area contributed by atoms with E-state index in [0.717, 1.165) is 10.0 Å². The van der Waals surface area contributed by atoms with Crippen molar-refractivity contribution < 1.29 is 19.1 Å². The van der Waals surface area contributed by atoms with Crippen molar-refractivity contribution in [3.05, 3.63) is 75.4 Å². The van der Waals surface area contributed by atoms with Crippen LogP contribution in [0.4, 0.5) is 0 Å². The third kappa shape index (κ3) is 3.44. The van der Waals surface area contributed by atoms with Crippen molar-refractivity contribution in [1.82, 2.24) is 0 Å². The third-order valence-corrected chi connectivity index (χ3v) is 3.82. The van der Waals surface area contributed by atoms with Gasteiger partial charge in [0.15, 0.2) is 5.70 Å². The Kier molecular flexibility index (Phi) is 4.57. The molecule has 0 unspecified atom stereocenters. The Balaban J connectivity index is 1.87. The summed E-state index contributed by atoms with van der Waals surface area (Å²) in [5.41, 5.74) is 2.08. The van der Waals surface area contributed by atoms with Gasteiger partial charge >= 0.3 is 11.9 Å². The highest BCUT2D eigenvalue weighted by molar-refractivity contribution is 9.10. The fourth-order valence-electron chi connectivity index (χ4n) is 2.15. The molecule has 5 nitrogen and oxygen atoms in total. The molecule has 120 valence electrons. The van der Waals surface area contributed by atoms with E-state index in [2.05, 4.69) is 25.7 Å². The van der Waals surface area contributed by atoms with Crippen LogP contribution in [-0.4, -0.2) is 24.9 Å². The highest BCUT2D eigenvalue weighted by atomic mass is 79.9. The van der Waals surface area contributed by atoms with E-state index in [1.54, 1.807) is 30.3 Å². The number of hydrogen-bond donors (Lipinski definition) is 0. The van der Waals surface area contributed by atoms with Crippen LogP contribution < -0.4 is 0 Å². The normalized spacial score (nSPS) is 15.2. The quantitative estimate of drug-likeness (QED) is 0.598. The van der Waals surface area contributed by atoms with Crippen LogP contribution >= 0.6 is 15.9 Å². The first kappa shape index (κ1) is 16.1. The molecule has 1 aliphatic rings. The van der Waals surface area contributed by atoms with Gasteiger partial charge in [0.1, 0.15) is 0 Å². The fraction of sp³-hybridized carbons (Fsp3) is 0.0556. The number of cyclic esters (lactones) is 1. The lowest BCUT2D eigenvalue weighted by Gasteiger charge is -1.99. The lowest BCUT2D eigenvalue weighted by atomic mass is 10.1. The second-order valence-corrected chi connectivity index (χ2v) is 5.88. The Morgan fingerprint density at radius 2 is 1.96 bits per heavy atom. The molecule has 1 heterocycles. The zero-order valence-electron chi connectivity index (χ0n) is 12.7. The molecule has 0 radical (unpaired) electrons. The second kappa shape index (κ2) is 6.80. The van der Waals surface area contributed by atoms with Gasteiger partial charge < -0.3 is 9.47 Å². The first-order valence-corrected chi connectivity index (χ1v) is 7.83. The van der Waals surface area contributed by atoms with E-state index in [9.17, 15) is 9.59 Å². The molecule has 1 aliphatic heterocycles. The van der Waals surface area contributed by atoms with Gasteiger partial charge in [0.05, 0.1) is 12.7 Å². The molecule has 24 heavy (non-hydrogen) atoms. The number of nitrogens with zero attached hydrogens (tertiary/aromatic N) is 1. The minimum absolute atomic E-state index is 0.204. The largest absolute Gasteiger partial charge is 0.465 e. The van der Waals surface area contributed by atoms with E-state index >= 15 is 0 Å². The molecule has 0 bridgehead atoms. The van der Waals surface area contributed by atoms with Crippen molar-refractivity contribution in [1.29, 1.82) is 0 Å². The Morgan fingerprint density at radius 3 is 2.62 bits per heavy atom. The molecule has 0 atom stereocenters. The van der Waals surface area contributed by atoms with Crippen LogP contribution in [0.2, 0.25) is 0 Å². The number of benzene rings is 2. The number of methoxy groups -OCH3 is 1. The van der Waals surface area contributed by atoms with E-state index < -0.39 is 11.9 Å². The van der Waals surface area contributed by atoms with Gasteiger partial charge in [0.25, 0.3) is 0 Å². The number of aliphatic imine (C=N–C) groups is 1. The zero-order valence-corrected chi connectivity index (χ0v) is 14.2. The lowest BCUT2D eigenvalue weighted by Crippen LogP contribution is -2.05. The minimum Gasteiger partial charge on any atom is -0.465 e. The summed E-state index contributed by atoms with van der Waals surface area (Å²) in [5.74, 6) is -0.662. The van der Waals surface area contributed by atoms with Crippen LogP contribution in [0.25, 0.3) is 6.08 Å². The van der Waals surface area contributed by atoms with E-state index in [-0.39, 0.29) is 11.6 Å². The Labute approximate surface area is 146 Å². The highest BCUT2D eigenvalue weighted by Crippen LogP contribution is 2.21. The van der Waals surface area contributed by atoms with Crippen molar-refractivity contribution in [2.75, 3.05) is 7.11 Å². The fourth-order valence-corrected chi connectivity index (χ4v) is 2.54. The topological polar surface area (TPSA) is 65.0 Å². The van der Waals surface area contributed by atoms with E-state index in [1.807, 2.05) is 24.3 Å². The molecule has 0 spiro atoms. The molecular formula is C18H12BrNO4. The summed E-state index contributed by atoms with van der Waals surface area (Å²) in [6, 6.07) is 14.0. The molecule has 0 saturated heterocycles. The molecule has 0 saturated carbocycles. The molecule has 2 aromatic rings. The predicted molar refractivity (Wildman–Crippen MR) is 92.5 cm³/mol. The molecule has 0 fully saturated rings. The Hall–Kier alpha value is -2.73. The summed E-state index contributed by atoms with van der Waals surface area (Å²) < 4.78 is 10.7. The number of rotatable bonds is 3. The third-order valence-electron chi connectivity index (χ3n) is 3.33. The van der Waals surface area contributed by atoms with Crippen molar-refractivity contribution in [2.24, 2.45) is 4.99 Å². The number of carbonyl (C=O) groups is 2. The minimum atomic E-state index is -0.512. The van der Waals surface area contributed by atoms with E-state index in [4.69, 9.17) is 4.74 Å². The zero-order chi connectivity index (χ0) is 17.1. The van der Waals surface area contributed by atoms with Gasteiger partial charge in [0.2, 0.25) is 5.90 Å². The maximum absolute atomic E-state index is 12.0. The summed E-state index contributed by atoms with van der Waals surface area (Å²) in [6.45, 7) is 0. The van der Waals surface area contributed by atoms with Gasteiger partial charge in [-0.1, -0.05) is 34.1 Å². The van der Waals surface area contributed by atoms with Gasteiger partial charge in [-0.15, -0.1) is 0 Å². The molecule has 0 N–H and O–H groups in total. The van der Waals surface area contributed by atoms with Crippen LogP contribution in [0, 0.1) is 0 Å². The van der Waals surface area contributed by atoms with Crippen molar-refractivity contribution in [2.45, 2.75) is 0 Å². The maximum atomic E-state index is 12.0. The smallest absolute Gasteiger partial charge is 0.363 e. The van der Waals surface area contributed by atoms with Gasteiger partial charge in [0, 0.05) is 10.0 Å². The average molecular weight is 386 g/mol. The summed E-state index contributed by atoms with van der Waals surface area (Å²) in [7, 11) is 1.32. The Morgan fingerprint density at radius 1 is 1.21 bits per heavy atom. The molecule has 2 aromatic carbocycles. The van der Waals surface area contributed by atoms with Crippen LogP contribution in [-0.2, 0) is 14.3 Å². The summed E-state index contributed by atoms with van der Waals surface area (Å²) in [6.07, 6.45) is 1.61. The summed E-state index contributed by atoms with van der Waals surface area (Å²) in [4.78, 5) is 27.6. The molecule has 0 aliphatic carbocycles. The van der Waals surface area contributed by atoms with E-state index in [1.165, 1.54) is 7.11 Å². The Bertz CT molecular complexity index is 869. The van der Waals surface area contributed by atoms with Crippen LogP contribution in [0.15, 0.2) is 63.7 Å². The van der Waals surface area contributed by atoms with Crippen LogP contribution in [0.3, 0.4) is 0 Å². The highest BCUT2D eigenvalue weighted by Gasteiger charge is 2.24. The molecule has 6 heteroatoms. The van der Waals surface area contributed by atoms with Crippen LogP contribution in [0.1, 0.15) is 21.5 Å². The summed E-state index contributed by atoms with van der Waals surface area (Å²) >= 11 is 3.37. The van der Waals surface area contributed by atoms with Gasteiger partial charge in [-0.2, -0.15) is 0 Å². The van der Waals surface area contributed by atoms with E-state index in [0.29, 0.717) is 11.1 Å². The molecular weight excluding hydrogens is 374 g/mol. The van der Waals surface area contributed by atoms with Gasteiger partial charge in [-0.3, -0.25) is 0 Å². The van der Waals surface area contributed by atoms with Crippen molar-refractivity contribution in [3.8, 4) is 0 Å². The average Bonchev–Trinajstić information content (AvgIpc) is 2.96. The lowest BCUT2D eigenvalue weighted by molar-refractivity contribution is -0.129. The van der Waals surface area contributed by atoms with Gasteiger partial charge in [-0.05, 0) is 42.0 Å². The number of carbonyl (C=O) groups excluding carboxylic acids is 2. The predicted octanol–water partition coefficient (Wildman–Crippen LogP) is 3.58. The first-order valence-electron chi connectivity index (χ1n) is 7.04. The molecule has 0 amide bonds. The number of halogens is 1. The maximum Gasteiger partial charge on any atom is 0.363 e. The van der Waals surface area contributed by atoms with Gasteiger partial charge in [-0.25, -0.2) is 14.6 Å². The number of ether oxygens (including phenoxy) is 2. The molecule has 0 aromatic heterocycles. The second-order valence-electron chi connectivity index (χ2n) is 4.96. The molecule has 3 rings (SSSR count).